The Kier molecular flexibility index (Phi) is 4.43. The number of hydrogen-bond donors (Lipinski definition) is 0. The summed E-state index contributed by atoms with van der Waals surface area (Å²) in [5, 5.41) is 4.26. The van der Waals surface area contributed by atoms with Crippen LogP contribution in [0.5, 0.6) is 0 Å². The number of hydrogen-bond acceptors (Lipinski definition) is 4. The van der Waals surface area contributed by atoms with Crippen LogP contribution in [0.2, 0.25) is 0 Å². The van der Waals surface area contributed by atoms with E-state index in [1.54, 1.807) is 16.9 Å². The molecule has 0 bridgehead atoms. The molecule has 0 aromatic carbocycles. The SMILES string of the molecule is O=C(c1cnn2ccccc12)N1CCCC(OCc2ccccn2)C1. The van der Waals surface area contributed by atoms with Gasteiger partial charge in [-0.3, -0.25) is 9.78 Å². The Morgan fingerprint density at radius 1 is 1.24 bits per heavy atom. The molecule has 6 heteroatoms. The number of carbonyl (C=O) groups is 1. The summed E-state index contributed by atoms with van der Waals surface area (Å²) in [7, 11) is 0. The Bertz CT molecular complexity index is 862. The number of likely N-dealkylation sites (tertiary alicyclic amines) is 1. The molecule has 1 unspecified atom stereocenters. The summed E-state index contributed by atoms with van der Waals surface area (Å²) in [6.45, 7) is 1.84. The molecule has 1 amide bonds. The van der Waals surface area contributed by atoms with E-state index in [0.29, 0.717) is 18.7 Å². The molecule has 25 heavy (non-hydrogen) atoms. The lowest BCUT2D eigenvalue weighted by molar-refractivity contribution is -0.00780. The van der Waals surface area contributed by atoms with Crippen molar-refractivity contribution in [1.29, 1.82) is 0 Å². The minimum absolute atomic E-state index is 0.0207. The first kappa shape index (κ1) is 15.8. The Morgan fingerprint density at radius 3 is 3.04 bits per heavy atom. The maximum atomic E-state index is 12.9. The van der Waals surface area contributed by atoms with Crippen molar-refractivity contribution in [3.05, 3.63) is 66.2 Å². The van der Waals surface area contributed by atoms with Gasteiger partial charge in [-0.25, -0.2) is 4.52 Å². The highest BCUT2D eigenvalue weighted by atomic mass is 16.5. The fourth-order valence-corrected chi connectivity index (χ4v) is 3.22. The molecule has 1 aliphatic rings. The fraction of sp³-hybridized carbons (Fsp3) is 0.316. The number of aromatic nitrogens is 3. The molecule has 4 heterocycles. The minimum atomic E-state index is 0.0207. The second-order valence-corrected chi connectivity index (χ2v) is 6.24. The van der Waals surface area contributed by atoms with Gasteiger partial charge in [0.1, 0.15) is 0 Å². The second kappa shape index (κ2) is 7.03. The predicted octanol–water partition coefficient (Wildman–Crippen LogP) is 2.55. The van der Waals surface area contributed by atoms with Crippen LogP contribution in [0.15, 0.2) is 55.0 Å². The maximum Gasteiger partial charge on any atom is 0.257 e. The minimum Gasteiger partial charge on any atom is -0.370 e. The van der Waals surface area contributed by atoms with Crippen LogP contribution in [0, 0.1) is 0 Å². The van der Waals surface area contributed by atoms with E-state index in [-0.39, 0.29) is 12.0 Å². The Morgan fingerprint density at radius 2 is 2.16 bits per heavy atom. The lowest BCUT2D eigenvalue weighted by Crippen LogP contribution is -2.43. The summed E-state index contributed by atoms with van der Waals surface area (Å²) < 4.78 is 7.71. The Labute approximate surface area is 146 Å². The molecule has 3 aromatic heterocycles. The largest absolute Gasteiger partial charge is 0.370 e. The zero-order valence-corrected chi connectivity index (χ0v) is 13.9. The highest BCUT2D eigenvalue weighted by molar-refractivity contribution is 6.00. The number of rotatable bonds is 4. The molecule has 0 saturated carbocycles. The van der Waals surface area contributed by atoms with Gasteiger partial charge in [-0.15, -0.1) is 0 Å². The number of fused-ring (bicyclic) bond motifs is 1. The van der Waals surface area contributed by atoms with Gasteiger partial charge >= 0.3 is 0 Å². The van der Waals surface area contributed by atoms with Crippen LogP contribution in [-0.4, -0.2) is 44.6 Å². The molecule has 0 aliphatic carbocycles. The highest BCUT2D eigenvalue weighted by Crippen LogP contribution is 2.19. The lowest BCUT2D eigenvalue weighted by Gasteiger charge is -2.32. The normalized spacial score (nSPS) is 17.8. The Hall–Kier alpha value is -2.73. The summed E-state index contributed by atoms with van der Waals surface area (Å²) in [5.74, 6) is 0.0207. The van der Waals surface area contributed by atoms with Crippen molar-refractivity contribution in [2.75, 3.05) is 13.1 Å². The van der Waals surface area contributed by atoms with E-state index in [9.17, 15) is 4.79 Å². The number of pyridine rings is 2. The molecular weight excluding hydrogens is 316 g/mol. The molecule has 0 radical (unpaired) electrons. The topological polar surface area (TPSA) is 59.7 Å². The van der Waals surface area contributed by atoms with Gasteiger partial charge in [0.25, 0.3) is 5.91 Å². The standard InChI is InChI=1S/C19H20N4O2/c24-19(17-12-21-23-11-4-2-8-18(17)23)22-10-5-7-16(13-22)25-14-15-6-1-3-9-20-15/h1-4,6,8-9,11-12,16H,5,7,10,13-14H2. The van der Waals surface area contributed by atoms with Crippen LogP contribution in [0.25, 0.3) is 5.52 Å². The van der Waals surface area contributed by atoms with Gasteiger partial charge in [-0.1, -0.05) is 12.1 Å². The van der Waals surface area contributed by atoms with Crippen LogP contribution >= 0.6 is 0 Å². The molecule has 128 valence electrons. The molecule has 1 fully saturated rings. The summed E-state index contributed by atoms with van der Waals surface area (Å²) in [6.07, 6.45) is 7.21. The molecule has 1 atom stereocenters. The molecule has 0 spiro atoms. The van der Waals surface area contributed by atoms with Gasteiger partial charge in [0.05, 0.1) is 35.7 Å². The maximum absolute atomic E-state index is 12.9. The monoisotopic (exact) mass is 336 g/mol. The van der Waals surface area contributed by atoms with Gasteiger partial charge in [0, 0.05) is 25.5 Å². The van der Waals surface area contributed by atoms with Gasteiger partial charge in [-0.2, -0.15) is 5.10 Å². The van der Waals surface area contributed by atoms with Crippen molar-refractivity contribution in [2.45, 2.75) is 25.6 Å². The van der Waals surface area contributed by atoms with Crippen LogP contribution in [0.1, 0.15) is 28.9 Å². The first-order valence-corrected chi connectivity index (χ1v) is 8.54. The van der Waals surface area contributed by atoms with Crippen molar-refractivity contribution in [3.63, 3.8) is 0 Å². The van der Waals surface area contributed by atoms with Crippen molar-refractivity contribution >= 4 is 11.4 Å². The zero-order valence-electron chi connectivity index (χ0n) is 13.9. The van der Waals surface area contributed by atoms with E-state index in [1.165, 1.54) is 0 Å². The number of piperidine rings is 1. The van der Waals surface area contributed by atoms with E-state index < -0.39 is 0 Å². The molecule has 6 nitrogen and oxygen atoms in total. The second-order valence-electron chi connectivity index (χ2n) is 6.24. The van der Waals surface area contributed by atoms with Gasteiger partial charge in [0.15, 0.2) is 0 Å². The smallest absolute Gasteiger partial charge is 0.257 e. The summed E-state index contributed by atoms with van der Waals surface area (Å²) in [6, 6.07) is 11.5. The first-order valence-electron chi connectivity index (χ1n) is 8.54. The summed E-state index contributed by atoms with van der Waals surface area (Å²) in [5.41, 5.74) is 2.39. The molecular formula is C19H20N4O2. The third-order valence-corrected chi connectivity index (χ3v) is 4.52. The third-order valence-electron chi connectivity index (χ3n) is 4.52. The van der Waals surface area contributed by atoms with E-state index >= 15 is 0 Å². The van der Waals surface area contributed by atoms with Crippen LogP contribution in [0.3, 0.4) is 0 Å². The van der Waals surface area contributed by atoms with E-state index in [0.717, 1.165) is 30.6 Å². The average Bonchev–Trinajstić information content (AvgIpc) is 3.11. The van der Waals surface area contributed by atoms with Crippen molar-refractivity contribution < 1.29 is 9.53 Å². The number of carbonyl (C=O) groups excluding carboxylic acids is 1. The Balaban J connectivity index is 1.43. The van der Waals surface area contributed by atoms with E-state index in [2.05, 4.69) is 10.1 Å². The number of ether oxygens (including phenoxy) is 1. The van der Waals surface area contributed by atoms with E-state index in [1.807, 2.05) is 47.5 Å². The predicted molar refractivity (Wildman–Crippen MR) is 93.1 cm³/mol. The van der Waals surface area contributed by atoms with Crippen LogP contribution in [-0.2, 0) is 11.3 Å². The average molecular weight is 336 g/mol. The molecule has 3 aromatic rings. The van der Waals surface area contributed by atoms with E-state index in [4.69, 9.17) is 4.74 Å². The van der Waals surface area contributed by atoms with Crippen LogP contribution < -0.4 is 0 Å². The molecule has 1 saturated heterocycles. The zero-order chi connectivity index (χ0) is 17.1. The van der Waals surface area contributed by atoms with Gasteiger partial charge in [-0.05, 0) is 37.1 Å². The number of amides is 1. The molecule has 0 N–H and O–H groups in total. The quantitative estimate of drug-likeness (QED) is 0.735. The molecule has 1 aliphatic heterocycles. The summed E-state index contributed by atoms with van der Waals surface area (Å²) >= 11 is 0. The van der Waals surface area contributed by atoms with Crippen molar-refractivity contribution in [2.24, 2.45) is 0 Å². The van der Waals surface area contributed by atoms with Crippen LogP contribution in [0.4, 0.5) is 0 Å². The third kappa shape index (κ3) is 3.39. The highest BCUT2D eigenvalue weighted by Gasteiger charge is 2.26. The van der Waals surface area contributed by atoms with Crippen molar-refractivity contribution in [3.8, 4) is 0 Å². The first-order chi connectivity index (χ1) is 12.3. The van der Waals surface area contributed by atoms with Gasteiger partial charge in [0.2, 0.25) is 0 Å². The summed E-state index contributed by atoms with van der Waals surface area (Å²) in [4.78, 5) is 19.0. The molecule has 4 rings (SSSR count). The lowest BCUT2D eigenvalue weighted by atomic mass is 10.1. The van der Waals surface area contributed by atoms with Crippen molar-refractivity contribution in [1.82, 2.24) is 19.5 Å². The fourth-order valence-electron chi connectivity index (χ4n) is 3.22. The number of nitrogens with zero attached hydrogens (tertiary/aromatic N) is 4. The van der Waals surface area contributed by atoms with Gasteiger partial charge < -0.3 is 9.64 Å².